The van der Waals surface area contributed by atoms with Crippen molar-refractivity contribution >= 4 is 46.4 Å². The molecule has 2 aromatic carbocycles. The van der Waals surface area contributed by atoms with Crippen LogP contribution in [0.3, 0.4) is 0 Å². The van der Waals surface area contributed by atoms with Crippen LogP contribution in [0.1, 0.15) is 27.7 Å². The molecule has 0 heterocycles. The summed E-state index contributed by atoms with van der Waals surface area (Å²) in [7, 11) is 0. The molecule has 0 fully saturated rings. The minimum Gasteiger partial charge on any atom is -0.326 e. The molecule has 0 atom stereocenters. The first kappa shape index (κ1) is 22.4. The van der Waals surface area contributed by atoms with Gasteiger partial charge in [-0.25, -0.2) is 0 Å². The maximum atomic E-state index is 10.8. The Hall–Kier alpha value is -3.68. The van der Waals surface area contributed by atoms with E-state index in [1.54, 1.807) is 48.5 Å². The van der Waals surface area contributed by atoms with Crippen LogP contribution >= 0.6 is 0 Å². The first-order valence-corrected chi connectivity index (χ1v) is 8.47. The van der Waals surface area contributed by atoms with Gasteiger partial charge in [-0.15, -0.1) is 0 Å². The standard InChI is InChI=1S/2C10H12N2O2/c1-7(13)11-9-4-3-5-10(6-9)12-8(2)14;1-7(13)11-9-5-3-4-6-10(9)12-8(2)14/h2*3-6H,1-2H3,(H,11,13)(H,12,14). The lowest BCUT2D eigenvalue weighted by atomic mass is 10.2. The average molecular weight is 384 g/mol. The van der Waals surface area contributed by atoms with Gasteiger partial charge in [0.2, 0.25) is 23.6 Å². The highest BCUT2D eigenvalue weighted by Crippen LogP contribution is 2.20. The molecule has 0 saturated carbocycles. The Morgan fingerprint density at radius 1 is 0.536 bits per heavy atom. The van der Waals surface area contributed by atoms with Gasteiger partial charge in [-0.05, 0) is 30.3 Å². The normalized spacial score (nSPS) is 9.29. The van der Waals surface area contributed by atoms with Crippen LogP contribution in [0.4, 0.5) is 22.7 Å². The highest BCUT2D eigenvalue weighted by atomic mass is 16.2. The minimum absolute atomic E-state index is 0.134. The second kappa shape index (κ2) is 11.1. The molecule has 2 aromatic rings. The summed E-state index contributed by atoms with van der Waals surface area (Å²) in [6, 6.07) is 14.0. The number of amides is 4. The lowest BCUT2D eigenvalue weighted by Gasteiger charge is -2.09. The van der Waals surface area contributed by atoms with Crippen molar-refractivity contribution in [1.82, 2.24) is 0 Å². The van der Waals surface area contributed by atoms with Gasteiger partial charge in [-0.1, -0.05) is 18.2 Å². The van der Waals surface area contributed by atoms with E-state index in [1.165, 1.54) is 27.7 Å². The van der Waals surface area contributed by atoms with Crippen molar-refractivity contribution in [3.05, 3.63) is 48.5 Å². The Labute approximate surface area is 163 Å². The van der Waals surface area contributed by atoms with Gasteiger partial charge in [0.25, 0.3) is 0 Å². The summed E-state index contributed by atoms with van der Waals surface area (Å²) in [6.07, 6.45) is 0. The van der Waals surface area contributed by atoms with Gasteiger partial charge in [0.05, 0.1) is 11.4 Å². The van der Waals surface area contributed by atoms with Crippen molar-refractivity contribution in [3.8, 4) is 0 Å². The smallest absolute Gasteiger partial charge is 0.221 e. The topological polar surface area (TPSA) is 116 Å². The number of para-hydroxylation sites is 2. The number of benzene rings is 2. The summed E-state index contributed by atoms with van der Waals surface area (Å²) in [5.41, 5.74) is 2.55. The molecule has 0 unspecified atom stereocenters. The summed E-state index contributed by atoms with van der Waals surface area (Å²) in [4.78, 5) is 43.2. The van der Waals surface area contributed by atoms with Gasteiger partial charge in [-0.3, -0.25) is 19.2 Å². The van der Waals surface area contributed by atoms with Crippen molar-refractivity contribution in [2.75, 3.05) is 21.3 Å². The molecule has 148 valence electrons. The SMILES string of the molecule is CC(=O)Nc1cccc(NC(C)=O)c1.CC(=O)Nc1ccccc1NC(C)=O. The van der Waals surface area contributed by atoms with Crippen LogP contribution in [0.5, 0.6) is 0 Å². The predicted octanol–water partition coefficient (Wildman–Crippen LogP) is 3.21. The number of carbonyl (C=O) groups is 4. The molecule has 0 saturated heterocycles. The zero-order chi connectivity index (χ0) is 21.1. The minimum atomic E-state index is -0.164. The lowest BCUT2D eigenvalue weighted by Crippen LogP contribution is -2.11. The molecule has 0 radical (unpaired) electrons. The third kappa shape index (κ3) is 9.14. The molecule has 28 heavy (non-hydrogen) atoms. The molecule has 0 aliphatic rings. The molecule has 8 heteroatoms. The van der Waals surface area contributed by atoms with Crippen LogP contribution in [0, 0.1) is 0 Å². The Kier molecular flexibility index (Phi) is 8.88. The molecule has 2 rings (SSSR count). The fourth-order valence-corrected chi connectivity index (χ4v) is 2.16. The van der Waals surface area contributed by atoms with E-state index in [1.807, 2.05) is 0 Å². The molecule has 8 nitrogen and oxygen atoms in total. The summed E-state index contributed by atoms with van der Waals surface area (Å²) in [6.45, 7) is 5.71. The monoisotopic (exact) mass is 384 g/mol. The summed E-state index contributed by atoms with van der Waals surface area (Å²) in [5, 5.41) is 10.5. The van der Waals surface area contributed by atoms with Gasteiger partial charge < -0.3 is 21.3 Å². The van der Waals surface area contributed by atoms with Crippen LogP contribution in [-0.4, -0.2) is 23.6 Å². The highest BCUT2D eigenvalue weighted by molar-refractivity contribution is 5.98. The number of rotatable bonds is 4. The molecule has 4 amide bonds. The van der Waals surface area contributed by atoms with Gasteiger partial charge in [-0.2, -0.15) is 0 Å². The second-order valence-corrected chi connectivity index (χ2v) is 5.85. The number of hydrogen-bond acceptors (Lipinski definition) is 4. The zero-order valence-corrected chi connectivity index (χ0v) is 16.3. The molecule has 0 bridgehead atoms. The van der Waals surface area contributed by atoms with Crippen molar-refractivity contribution in [1.29, 1.82) is 0 Å². The van der Waals surface area contributed by atoms with E-state index in [9.17, 15) is 19.2 Å². The molecular weight excluding hydrogens is 360 g/mol. The maximum Gasteiger partial charge on any atom is 0.221 e. The van der Waals surface area contributed by atoms with Crippen molar-refractivity contribution in [2.24, 2.45) is 0 Å². The predicted molar refractivity (Wildman–Crippen MR) is 110 cm³/mol. The number of anilines is 4. The molecule has 0 aromatic heterocycles. The van der Waals surface area contributed by atoms with Gasteiger partial charge >= 0.3 is 0 Å². The highest BCUT2D eigenvalue weighted by Gasteiger charge is 2.03. The van der Waals surface area contributed by atoms with E-state index < -0.39 is 0 Å². The zero-order valence-electron chi connectivity index (χ0n) is 16.3. The first-order chi connectivity index (χ1) is 13.2. The quantitative estimate of drug-likeness (QED) is 0.647. The second-order valence-electron chi connectivity index (χ2n) is 5.85. The molecule has 4 N–H and O–H groups in total. The Morgan fingerprint density at radius 2 is 0.893 bits per heavy atom. The summed E-state index contributed by atoms with van der Waals surface area (Å²) in [5.74, 6) is -0.597. The average Bonchev–Trinajstić information content (AvgIpc) is 2.55. The number of hydrogen-bond donors (Lipinski definition) is 4. The van der Waals surface area contributed by atoms with Crippen LogP contribution in [0.25, 0.3) is 0 Å². The maximum absolute atomic E-state index is 10.8. The number of nitrogens with one attached hydrogen (secondary N) is 4. The van der Waals surface area contributed by atoms with E-state index in [-0.39, 0.29) is 23.6 Å². The third-order valence-corrected chi connectivity index (χ3v) is 3.05. The summed E-state index contributed by atoms with van der Waals surface area (Å²) < 4.78 is 0. The Bertz CT molecular complexity index is 799. The summed E-state index contributed by atoms with van der Waals surface area (Å²) >= 11 is 0. The fourth-order valence-electron chi connectivity index (χ4n) is 2.16. The fraction of sp³-hybridized carbons (Fsp3) is 0.200. The molecule has 0 spiro atoms. The number of carbonyl (C=O) groups excluding carboxylic acids is 4. The molecule has 0 aliphatic carbocycles. The van der Waals surface area contributed by atoms with Gasteiger partial charge in [0.1, 0.15) is 0 Å². The molecular formula is C20H24N4O4. The van der Waals surface area contributed by atoms with E-state index in [4.69, 9.17) is 0 Å². The van der Waals surface area contributed by atoms with Crippen LogP contribution in [0.2, 0.25) is 0 Å². The Morgan fingerprint density at radius 3 is 1.21 bits per heavy atom. The van der Waals surface area contributed by atoms with Crippen molar-refractivity contribution < 1.29 is 19.2 Å². The van der Waals surface area contributed by atoms with E-state index in [0.29, 0.717) is 22.7 Å². The van der Waals surface area contributed by atoms with E-state index >= 15 is 0 Å². The van der Waals surface area contributed by atoms with Gasteiger partial charge in [0, 0.05) is 39.1 Å². The van der Waals surface area contributed by atoms with Crippen LogP contribution in [-0.2, 0) is 19.2 Å². The first-order valence-electron chi connectivity index (χ1n) is 8.47. The lowest BCUT2D eigenvalue weighted by molar-refractivity contribution is -0.115. The van der Waals surface area contributed by atoms with E-state index in [2.05, 4.69) is 21.3 Å². The van der Waals surface area contributed by atoms with E-state index in [0.717, 1.165) is 0 Å². The van der Waals surface area contributed by atoms with Crippen molar-refractivity contribution in [2.45, 2.75) is 27.7 Å². The van der Waals surface area contributed by atoms with Gasteiger partial charge in [0.15, 0.2) is 0 Å². The van der Waals surface area contributed by atoms with Crippen molar-refractivity contribution in [3.63, 3.8) is 0 Å². The van der Waals surface area contributed by atoms with Crippen LogP contribution < -0.4 is 21.3 Å². The van der Waals surface area contributed by atoms with Crippen LogP contribution in [0.15, 0.2) is 48.5 Å². The largest absolute Gasteiger partial charge is 0.326 e. The third-order valence-electron chi connectivity index (χ3n) is 3.05. The molecule has 0 aliphatic heterocycles. The Balaban J connectivity index is 0.000000280.